The Kier molecular flexibility index (Phi) is 4.40. The minimum Gasteiger partial charge on any atom is -0.308 e. The fourth-order valence-electron chi connectivity index (χ4n) is 1.85. The van der Waals surface area contributed by atoms with Crippen molar-refractivity contribution in [2.45, 2.75) is 43.4 Å². The molecule has 1 aliphatic rings. The van der Waals surface area contributed by atoms with Crippen LogP contribution >= 0.6 is 23.5 Å². The summed E-state index contributed by atoms with van der Waals surface area (Å²) in [6.07, 6.45) is 0. The first-order valence-electron chi connectivity index (χ1n) is 6.11. The standard InChI is InChI=1S/C12H20N4S2/c1-6-7(2)14-12(15-11(6)16-13)10-5-17-8(3)9(4)18-10/h8-10H,5,13H2,1-4H3,(H,14,15,16). The topological polar surface area (TPSA) is 63.8 Å². The van der Waals surface area contributed by atoms with Crippen molar-refractivity contribution in [3.63, 3.8) is 0 Å². The molecule has 1 aromatic heterocycles. The smallest absolute Gasteiger partial charge is 0.146 e. The normalized spacial score (nSPS) is 28.2. The van der Waals surface area contributed by atoms with Crippen molar-refractivity contribution in [2.24, 2.45) is 5.84 Å². The highest BCUT2D eigenvalue weighted by Crippen LogP contribution is 2.43. The Morgan fingerprint density at radius 2 is 1.94 bits per heavy atom. The Morgan fingerprint density at radius 3 is 2.56 bits per heavy atom. The summed E-state index contributed by atoms with van der Waals surface area (Å²) < 4.78 is 0. The third-order valence-electron chi connectivity index (χ3n) is 3.38. The molecule has 2 rings (SSSR count). The van der Waals surface area contributed by atoms with Gasteiger partial charge in [0.15, 0.2) is 0 Å². The molecule has 0 bridgehead atoms. The summed E-state index contributed by atoms with van der Waals surface area (Å²) in [6.45, 7) is 8.56. The van der Waals surface area contributed by atoms with Crippen LogP contribution in [0.1, 0.15) is 36.2 Å². The van der Waals surface area contributed by atoms with Gasteiger partial charge < -0.3 is 5.43 Å². The minimum atomic E-state index is 0.368. The van der Waals surface area contributed by atoms with Gasteiger partial charge in [0.25, 0.3) is 0 Å². The molecular formula is C12H20N4S2. The van der Waals surface area contributed by atoms with E-state index < -0.39 is 0 Å². The molecule has 3 atom stereocenters. The fraction of sp³-hybridized carbons (Fsp3) is 0.667. The van der Waals surface area contributed by atoms with E-state index in [0.29, 0.717) is 15.7 Å². The molecule has 0 saturated carbocycles. The summed E-state index contributed by atoms with van der Waals surface area (Å²) >= 11 is 3.97. The van der Waals surface area contributed by atoms with Gasteiger partial charge in [0, 0.05) is 27.5 Å². The summed E-state index contributed by atoms with van der Waals surface area (Å²) in [5, 5.41) is 1.70. The average molecular weight is 284 g/mol. The number of aryl methyl sites for hydroxylation is 1. The van der Waals surface area contributed by atoms with Gasteiger partial charge in [-0.05, 0) is 13.8 Å². The van der Waals surface area contributed by atoms with E-state index in [-0.39, 0.29) is 0 Å². The predicted octanol–water partition coefficient (Wildman–Crippen LogP) is 2.68. The zero-order valence-corrected chi connectivity index (χ0v) is 12.9. The lowest BCUT2D eigenvalue weighted by Crippen LogP contribution is -2.24. The van der Waals surface area contributed by atoms with Crippen LogP contribution in [0.2, 0.25) is 0 Å². The monoisotopic (exact) mass is 284 g/mol. The number of anilines is 1. The van der Waals surface area contributed by atoms with Crippen LogP contribution < -0.4 is 11.3 Å². The first-order chi connectivity index (χ1) is 8.52. The molecule has 0 aliphatic carbocycles. The summed E-state index contributed by atoms with van der Waals surface area (Å²) in [6, 6.07) is 0. The first-order valence-corrected chi connectivity index (χ1v) is 8.11. The van der Waals surface area contributed by atoms with Gasteiger partial charge in [-0.3, -0.25) is 0 Å². The zero-order valence-electron chi connectivity index (χ0n) is 11.2. The van der Waals surface area contributed by atoms with E-state index in [1.165, 1.54) is 0 Å². The van der Waals surface area contributed by atoms with Crippen molar-refractivity contribution in [2.75, 3.05) is 11.2 Å². The molecule has 0 aromatic carbocycles. The van der Waals surface area contributed by atoms with E-state index in [1.54, 1.807) is 0 Å². The minimum absolute atomic E-state index is 0.368. The molecule has 1 saturated heterocycles. The van der Waals surface area contributed by atoms with E-state index in [0.717, 1.165) is 28.7 Å². The Balaban J connectivity index is 2.26. The molecule has 100 valence electrons. The third kappa shape index (κ3) is 2.75. The number of nitrogen functional groups attached to an aromatic ring is 1. The summed E-state index contributed by atoms with van der Waals surface area (Å²) in [5.74, 6) is 8.24. The van der Waals surface area contributed by atoms with E-state index >= 15 is 0 Å². The molecule has 0 radical (unpaired) electrons. The van der Waals surface area contributed by atoms with Gasteiger partial charge in [-0.1, -0.05) is 13.8 Å². The van der Waals surface area contributed by atoms with Crippen LogP contribution in [-0.4, -0.2) is 26.2 Å². The number of aromatic nitrogens is 2. The van der Waals surface area contributed by atoms with Crippen LogP contribution in [0.4, 0.5) is 5.82 Å². The lowest BCUT2D eigenvalue weighted by atomic mass is 10.2. The second kappa shape index (κ2) is 5.67. The van der Waals surface area contributed by atoms with Gasteiger partial charge in [0.05, 0.1) is 5.25 Å². The molecular weight excluding hydrogens is 264 g/mol. The maximum absolute atomic E-state index is 5.52. The summed E-state index contributed by atoms with van der Waals surface area (Å²) in [5.41, 5.74) is 4.70. The molecule has 4 nitrogen and oxygen atoms in total. The molecule has 0 spiro atoms. The average Bonchev–Trinajstić information content (AvgIpc) is 2.36. The number of nitrogens with two attached hydrogens (primary N) is 1. The largest absolute Gasteiger partial charge is 0.308 e. The SMILES string of the molecule is Cc1nc(C2CSC(C)C(C)S2)nc(NN)c1C. The molecule has 6 heteroatoms. The van der Waals surface area contributed by atoms with Gasteiger partial charge in [0.1, 0.15) is 11.6 Å². The number of rotatable bonds is 2. The van der Waals surface area contributed by atoms with Crippen LogP contribution in [0, 0.1) is 13.8 Å². The Labute approximate surface area is 117 Å². The molecule has 3 N–H and O–H groups in total. The van der Waals surface area contributed by atoms with Crippen LogP contribution in [-0.2, 0) is 0 Å². The third-order valence-corrected chi connectivity index (χ3v) is 6.77. The first kappa shape index (κ1) is 14.0. The van der Waals surface area contributed by atoms with Gasteiger partial charge in [-0.25, -0.2) is 15.8 Å². The van der Waals surface area contributed by atoms with E-state index in [1.807, 2.05) is 37.4 Å². The summed E-state index contributed by atoms with van der Waals surface area (Å²) in [4.78, 5) is 9.18. The Bertz CT molecular complexity index is 438. The lowest BCUT2D eigenvalue weighted by Gasteiger charge is -2.30. The van der Waals surface area contributed by atoms with Gasteiger partial charge in [0.2, 0.25) is 0 Å². The molecule has 0 amide bonds. The lowest BCUT2D eigenvalue weighted by molar-refractivity contribution is 0.848. The number of hydrazine groups is 1. The summed E-state index contributed by atoms with van der Waals surface area (Å²) in [7, 11) is 0. The van der Waals surface area contributed by atoms with Gasteiger partial charge >= 0.3 is 0 Å². The number of thioether (sulfide) groups is 2. The quantitative estimate of drug-likeness (QED) is 0.643. The fourth-order valence-corrected chi connectivity index (χ4v) is 4.70. The predicted molar refractivity (Wildman–Crippen MR) is 81.0 cm³/mol. The van der Waals surface area contributed by atoms with Crippen LogP contribution in [0.5, 0.6) is 0 Å². The highest BCUT2D eigenvalue weighted by atomic mass is 32.2. The second-order valence-corrected chi connectivity index (χ2v) is 7.65. The molecule has 18 heavy (non-hydrogen) atoms. The molecule has 1 aromatic rings. The zero-order chi connectivity index (χ0) is 13.3. The van der Waals surface area contributed by atoms with Gasteiger partial charge in [-0.15, -0.1) is 11.8 Å². The number of hydrogen-bond donors (Lipinski definition) is 2. The van der Waals surface area contributed by atoms with Crippen molar-refractivity contribution in [3.05, 3.63) is 17.1 Å². The molecule has 1 fully saturated rings. The van der Waals surface area contributed by atoms with Crippen LogP contribution in [0.25, 0.3) is 0 Å². The van der Waals surface area contributed by atoms with Crippen molar-refractivity contribution < 1.29 is 0 Å². The highest BCUT2D eigenvalue weighted by molar-refractivity contribution is 8.07. The molecule has 3 unspecified atom stereocenters. The maximum Gasteiger partial charge on any atom is 0.146 e. The van der Waals surface area contributed by atoms with E-state index in [2.05, 4.69) is 29.2 Å². The number of nitrogens with one attached hydrogen (secondary N) is 1. The maximum atomic E-state index is 5.52. The van der Waals surface area contributed by atoms with Crippen molar-refractivity contribution >= 4 is 29.3 Å². The Hall–Kier alpha value is -0.460. The van der Waals surface area contributed by atoms with Gasteiger partial charge in [-0.2, -0.15) is 11.8 Å². The number of hydrogen-bond acceptors (Lipinski definition) is 6. The highest BCUT2D eigenvalue weighted by Gasteiger charge is 2.29. The van der Waals surface area contributed by atoms with E-state index in [9.17, 15) is 0 Å². The molecule has 2 heterocycles. The van der Waals surface area contributed by atoms with Crippen molar-refractivity contribution in [1.29, 1.82) is 0 Å². The second-order valence-electron chi connectivity index (χ2n) is 4.65. The van der Waals surface area contributed by atoms with Crippen LogP contribution in [0.15, 0.2) is 0 Å². The van der Waals surface area contributed by atoms with Crippen molar-refractivity contribution in [1.82, 2.24) is 9.97 Å². The van der Waals surface area contributed by atoms with E-state index in [4.69, 9.17) is 5.84 Å². The Morgan fingerprint density at radius 1 is 1.22 bits per heavy atom. The van der Waals surface area contributed by atoms with Crippen molar-refractivity contribution in [3.8, 4) is 0 Å². The van der Waals surface area contributed by atoms with Crippen LogP contribution in [0.3, 0.4) is 0 Å². The number of nitrogens with zero attached hydrogens (tertiary/aromatic N) is 2. The molecule has 1 aliphatic heterocycles.